The number of aromatic nitrogens is 3. The lowest BCUT2D eigenvalue weighted by atomic mass is 9.96. The van der Waals surface area contributed by atoms with E-state index in [1.54, 1.807) is 47.2 Å². The first kappa shape index (κ1) is 29.5. The number of nitrogens with two attached hydrogens (primary N) is 1. The van der Waals surface area contributed by atoms with Crippen molar-refractivity contribution in [1.29, 1.82) is 0 Å². The van der Waals surface area contributed by atoms with Crippen molar-refractivity contribution in [3.63, 3.8) is 0 Å². The van der Waals surface area contributed by atoms with Gasteiger partial charge in [0.05, 0.1) is 11.8 Å². The van der Waals surface area contributed by atoms with E-state index in [4.69, 9.17) is 5.73 Å². The summed E-state index contributed by atoms with van der Waals surface area (Å²) in [5.74, 6) is 5.87. The van der Waals surface area contributed by atoms with Gasteiger partial charge in [0.1, 0.15) is 5.69 Å². The minimum Gasteiger partial charge on any atom is -0.330 e. The molecule has 5 rings (SSSR count). The summed E-state index contributed by atoms with van der Waals surface area (Å²) in [6.45, 7) is 6.68. The molecule has 0 spiro atoms. The maximum Gasteiger partial charge on any atom is 0.416 e. The molecule has 0 saturated carbocycles. The van der Waals surface area contributed by atoms with Crippen LogP contribution in [0.4, 0.5) is 13.2 Å². The fraction of sp³-hybridized carbons (Fsp3) is 0.344. The van der Waals surface area contributed by atoms with Gasteiger partial charge in [-0.05, 0) is 73.3 Å². The van der Waals surface area contributed by atoms with Gasteiger partial charge in [0.2, 0.25) is 0 Å². The number of carbonyl (C=O) groups is 1. The van der Waals surface area contributed by atoms with Crippen LogP contribution in [0.2, 0.25) is 0 Å². The Morgan fingerprint density at radius 1 is 1.02 bits per heavy atom. The van der Waals surface area contributed by atoms with E-state index in [0.29, 0.717) is 47.7 Å². The molecular formula is C32H33F3N6O. The van der Waals surface area contributed by atoms with Crippen molar-refractivity contribution in [3.05, 3.63) is 100.0 Å². The molecule has 3 heterocycles. The topological polar surface area (TPSA) is 79.8 Å². The molecular weight excluding hydrogens is 541 g/mol. The quantitative estimate of drug-likeness (QED) is 0.249. The molecule has 10 heteroatoms. The highest BCUT2D eigenvalue weighted by Gasteiger charge is 2.34. The number of Topliss-reactive ketones (excluding diaryl/α,β-unsaturated/α-hetero) is 1. The Hall–Kier alpha value is -4.04. The van der Waals surface area contributed by atoms with Crippen LogP contribution in [0.25, 0.3) is 5.65 Å². The largest absolute Gasteiger partial charge is 0.416 e. The highest BCUT2D eigenvalue weighted by atomic mass is 19.4. The Labute approximate surface area is 243 Å². The molecule has 0 unspecified atom stereocenters. The molecule has 2 aromatic carbocycles. The minimum absolute atomic E-state index is 0.143. The predicted molar refractivity (Wildman–Crippen MR) is 155 cm³/mol. The maximum atomic E-state index is 14.1. The number of carbonyl (C=O) groups excluding carboxylic acids is 1. The summed E-state index contributed by atoms with van der Waals surface area (Å²) in [4.78, 5) is 21.8. The second-order valence-corrected chi connectivity index (χ2v) is 10.6. The van der Waals surface area contributed by atoms with E-state index in [1.807, 2.05) is 17.9 Å². The number of halogens is 3. The molecule has 218 valence electrons. The van der Waals surface area contributed by atoms with Crippen molar-refractivity contribution in [3.8, 4) is 11.8 Å². The summed E-state index contributed by atoms with van der Waals surface area (Å²) in [7, 11) is 0. The van der Waals surface area contributed by atoms with Crippen LogP contribution in [0.1, 0.15) is 50.3 Å². The predicted octanol–water partition coefficient (Wildman–Crippen LogP) is 4.35. The van der Waals surface area contributed by atoms with Crippen LogP contribution < -0.4 is 5.73 Å². The standard InChI is InChI=1S/C32H33F3N6O/c1-23-5-7-26(20-25(23)9-10-28-21-37-31-4-2-12-38-41(28)31)30(42)19-24-6-8-27(29(18-24)32(33,34)35)22-40-16-14-39(15-17-40)13-3-11-36/h2,4-8,12,18,20-21H,3,11,13-17,19,22,36H2,1H3. The van der Waals surface area contributed by atoms with E-state index >= 15 is 0 Å². The number of alkyl halides is 3. The van der Waals surface area contributed by atoms with Crippen LogP contribution in [-0.4, -0.2) is 69.4 Å². The molecule has 0 aliphatic carbocycles. The Kier molecular flexibility index (Phi) is 9.02. The molecule has 0 radical (unpaired) electrons. The minimum atomic E-state index is -4.52. The van der Waals surface area contributed by atoms with Gasteiger partial charge >= 0.3 is 6.18 Å². The van der Waals surface area contributed by atoms with Crippen molar-refractivity contribution in [2.45, 2.75) is 32.5 Å². The van der Waals surface area contributed by atoms with Gasteiger partial charge in [0.15, 0.2) is 11.4 Å². The summed E-state index contributed by atoms with van der Waals surface area (Å²) in [6.07, 6.45) is -0.471. The van der Waals surface area contributed by atoms with E-state index in [1.165, 1.54) is 6.07 Å². The monoisotopic (exact) mass is 574 g/mol. The van der Waals surface area contributed by atoms with E-state index in [-0.39, 0.29) is 24.3 Å². The molecule has 0 amide bonds. The van der Waals surface area contributed by atoms with Crippen LogP contribution in [0.3, 0.4) is 0 Å². The fourth-order valence-electron chi connectivity index (χ4n) is 5.13. The normalized spacial score (nSPS) is 14.6. The molecule has 1 saturated heterocycles. The number of hydrogen-bond donors (Lipinski definition) is 1. The highest BCUT2D eigenvalue weighted by molar-refractivity contribution is 5.98. The van der Waals surface area contributed by atoms with Gasteiger partial charge in [-0.2, -0.15) is 18.3 Å². The van der Waals surface area contributed by atoms with Crippen LogP contribution in [-0.2, 0) is 19.1 Å². The number of rotatable bonds is 8. The SMILES string of the molecule is Cc1ccc(C(=O)Cc2ccc(CN3CCN(CCCN)CC3)c(C(F)(F)F)c2)cc1C#Cc1cnc2cccnn12. The van der Waals surface area contributed by atoms with E-state index in [0.717, 1.165) is 37.7 Å². The van der Waals surface area contributed by atoms with Crippen molar-refractivity contribution in [2.24, 2.45) is 5.73 Å². The second-order valence-electron chi connectivity index (χ2n) is 10.6. The number of aryl methyl sites for hydroxylation is 1. The fourth-order valence-corrected chi connectivity index (χ4v) is 5.13. The number of fused-ring (bicyclic) bond motifs is 1. The Balaban J connectivity index is 1.30. The molecule has 1 aliphatic rings. The van der Waals surface area contributed by atoms with Gasteiger partial charge in [-0.3, -0.25) is 9.69 Å². The summed E-state index contributed by atoms with van der Waals surface area (Å²) in [5, 5.41) is 4.25. The summed E-state index contributed by atoms with van der Waals surface area (Å²) in [6, 6.07) is 13.1. The van der Waals surface area contributed by atoms with Crippen LogP contribution in [0, 0.1) is 18.8 Å². The van der Waals surface area contributed by atoms with Gasteiger partial charge in [-0.25, -0.2) is 9.50 Å². The third-order valence-electron chi connectivity index (χ3n) is 7.54. The zero-order valence-electron chi connectivity index (χ0n) is 23.5. The average molecular weight is 575 g/mol. The van der Waals surface area contributed by atoms with Crippen LogP contribution in [0.5, 0.6) is 0 Å². The van der Waals surface area contributed by atoms with E-state index in [9.17, 15) is 18.0 Å². The second kappa shape index (κ2) is 12.9. The summed E-state index contributed by atoms with van der Waals surface area (Å²) >= 11 is 0. The van der Waals surface area contributed by atoms with E-state index in [2.05, 4.69) is 26.8 Å². The summed E-state index contributed by atoms with van der Waals surface area (Å²) < 4.78 is 43.9. The molecule has 4 aromatic rings. The molecule has 42 heavy (non-hydrogen) atoms. The molecule has 7 nitrogen and oxygen atoms in total. The van der Waals surface area contributed by atoms with Gasteiger partial charge < -0.3 is 10.6 Å². The lowest BCUT2D eigenvalue weighted by Gasteiger charge is -2.35. The number of ketones is 1. The third kappa shape index (κ3) is 7.05. The molecule has 2 N–H and O–H groups in total. The van der Waals surface area contributed by atoms with Crippen molar-refractivity contribution in [1.82, 2.24) is 24.4 Å². The molecule has 0 atom stereocenters. The maximum absolute atomic E-state index is 14.1. The summed E-state index contributed by atoms with van der Waals surface area (Å²) in [5.41, 5.74) is 8.67. The molecule has 1 fully saturated rings. The molecule has 1 aliphatic heterocycles. The smallest absolute Gasteiger partial charge is 0.330 e. The first-order chi connectivity index (χ1) is 20.2. The zero-order chi connectivity index (χ0) is 29.7. The lowest BCUT2D eigenvalue weighted by Crippen LogP contribution is -2.46. The van der Waals surface area contributed by atoms with Gasteiger partial charge in [0, 0.05) is 56.5 Å². The number of nitrogens with zero attached hydrogens (tertiary/aromatic N) is 5. The van der Waals surface area contributed by atoms with Crippen molar-refractivity contribution >= 4 is 11.4 Å². The van der Waals surface area contributed by atoms with Gasteiger partial charge in [0.25, 0.3) is 0 Å². The number of piperazine rings is 1. The van der Waals surface area contributed by atoms with Crippen LogP contribution in [0.15, 0.2) is 60.9 Å². The average Bonchev–Trinajstić information content (AvgIpc) is 3.39. The number of imidazole rings is 1. The Morgan fingerprint density at radius 3 is 2.57 bits per heavy atom. The van der Waals surface area contributed by atoms with E-state index < -0.39 is 11.7 Å². The van der Waals surface area contributed by atoms with Crippen molar-refractivity contribution < 1.29 is 18.0 Å². The Bertz CT molecular complexity index is 1630. The first-order valence-electron chi connectivity index (χ1n) is 14.0. The number of hydrogen-bond acceptors (Lipinski definition) is 6. The third-order valence-corrected chi connectivity index (χ3v) is 7.54. The lowest BCUT2D eigenvalue weighted by molar-refractivity contribution is -0.138. The zero-order valence-corrected chi connectivity index (χ0v) is 23.5. The first-order valence-corrected chi connectivity index (χ1v) is 14.0. The Morgan fingerprint density at radius 2 is 1.81 bits per heavy atom. The molecule has 0 bridgehead atoms. The number of benzene rings is 2. The van der Waals surface area contributed by atoms with Gasteiger partial charge in [-0.15, -0.1) is 0 Å². The highest BCUT2D eigenvalue weighted by Crippen LogP contribution is 2.34. The van der Waals surface area contributed by atoms with Crippen LogP contribution >= 0.6 is 0 Å². The van der Waals surface area contributed by atoms with Gasteiger partial charge in [-0.1, -0.05) is 30.2 Å². The van der Waals surface area contributed by atoms with Crippen molar-refractivity contribution in [2.75, 3.05) is 39.3 Å². The molecule has 2 aromatic heterocycles.